The van der Waals surface area contributed by atoms with Gasteiger partial charge < -0.3 is 9.88 Å². The topological polar surface area (TPSA) is 94.0 Å². The smallest absolute Gasteiger partial charge is 0.234 e. The first-order valence-corrected chi connectivity index (χ1v) is 11.3. The molecule has 7 nitrogen and oxygen atoms in total. The fourth-order valence-corrected chi connectivity index (χ4v) is 4.07. The molecule has 1 saturated carbocycles. The Morgan fingerprint density at radius 1 is 1.35 bits per heavy atom. The molecule has 26 heavy (non-hydrogen) atoms. The number of hydrogen-bond acceptors (Lipinski definition) is 6. The molecule has 1 aliphatic carbocycles. The first-order chi connectivity index (χ1) is 12.3. The number of nitrogens with one attached hydrogen (secondary N) is 1. The highest BCUT2D eigenvalue weighted by Gasteiger charge is 2.30. The van der Waals surface area contributed by atoms with Gasteiger partial charge in [0.1, 0.15) is 5.82 Å². The van der Waals surface area contributed by atoms with Crippen LogP contribution in [0.5, 0.6) is 0 Å². The van der Waals surface area contributed by atoms with E-state index in [1.165, 1.54) is 23.9 Å². The van der Waals surface area contributed by atoms with Crippen molar-refractivity contribution in [3.8, 4) is 0 Å². The van der Waals surface area contributed by atoms with E-state index in [0.29, 0.717) is 11.7 Å². The molecule has 0 spiro atoms. The molecule has 1 N–H and O–H groups in total. The zero-order chi connectivity index (χ0) is 18.9. The minimum Gasteiger partial charge on any atom is -0.325 e. The standard InChI is InChI=1S/C17H22N4O3S2/c1-11(2)16-19-20-17(21(16)13-7-8-13)25-10-15(22)18-12-5-4-6-14(9-12)26(3,23)24/h4-6,9,11,13H,7-8,10H2,1-3H3,(H,18,22). The maximum absolute atomic E-state index is 12.2. The van der Waals surface area contributed by atoms with Crippen LogP contribution >= 0.6 is 11.8 Å². The second-order valence-corrected chi connectivity index (χ2v) is 9.69. The van der Waals surface area contributed by atoms with Crippen LogP contribution in [0, 0.1) is 0 Å². The van der Waals surface area contributed by atoms with Gasteiger partial charge in [0.2, 0.25) is 5.91 Å². The number of hydrogen-bond donors (Lipinski definition) is 1. The predicted molar refractivity (Wildman–Crippen MR) is 101 cm³/mol. The molecule has 2 aromatic rings. The van der Waals surface area contributed by atoms with Crippen LogP contribution in [0.1, 0.15) is 44.5 Å². The van der Waals surface area contributed by atoms with Crippen LogP contribution in [-0.2, 0) is 14.6 Å². The number of thioether (sulfide) groups is 1. The van der Waals surface area contributed by atoms with Crippen molar-refractivity contribution >= 4 is 33.2 Å². The van der Waals surface area contributed by atoms with E-state index in [-0.39, 0.29) is 22.5 Å². The van der Waals surface area contributed by atoms with E-state index >= 15 is 0 Å². The third-order valence-electron chi connectivity index (χ3n) is 4.00. The molecule has 0 unspecified atom stereocenters. The zero-order valence-electron chi connectivity index (χ0n) is 15.0. The Hall–Kier alpha value is -1.87. The molecule has 1 aliphatic rings. The van der Waals surface area contributed by atoms with Crippen LogP contribution in [0.2, 0.25) is 0 Å². The molecule has 1 heterocycles. The number of sulfone groups is 1. The van der Waals surface area contributed by atoms with Gasteiger partial charge in [0.15, 0.2) is 15.0 Å². The van der Waals surface area contributed by atoms with Crippen LogP contribution in [0.25, 0.3) is 0 Å². The Balaban J connectivity index is 1.65. The van der Waals surface area contributed by atoms with Gasteiger partial charge in [0.05, 0.1) is 10.6 Å². The van der Waals surface area contributed by atoms with Crippen molar-refractivity contribution in [1.29, 1.82) is 0 Å². The summed E-state index contributed by atoms with van der Waals surface area (Å²) in [7, 11) is -3.31. The number of aromatic nitrogens is 3. The first-order valence-electron chi connectivity index (χ1n) is 8.43. The highest BCUT2D eigenvalue weighted by molar-refractivity contribution is 7.99. The van der Waals surface area contributed by atoms with E-state index in [2.05, 4.69) is 33.9 Å². The molecule has 1 aromatic carbocycles. The lowest BCUT2D eigenvalue weighted by molar-refractivity contribution is -0.113. The van der Waals surface area contributed by atoms with Gasteiger partial charge in [-0.3, -0.25) is 4.79 Å². The summed E-state index contributed by atoms with van der Waals surface area (Å²) in [6.45, 7) is 4.16. The highest BCUT2D eigenvalue weighted by Crippen LogP contribution is 2.40. The van der Waals surface area contributed by atoms with Gasteiger partial charge in [0.25, 0.3) is 0 Å². The Labute approximate surface area is 157 Å². The van der Waals surface area contributed by atoms with Gasteiger partial charge in [-0.15, -0.1) is 10.2 Å². The summed E-state index contributed by atoms with van der Waals surface area (Å²) in [6.07, 6.45) is 3.38. The number of anilines is 1. The van der Waals surface area contributed by atoms with Crippen molar-refractivity contribution in [1.82, 2.24) is 14.8 Å². The highest BCUT2D eigenvalue weighted by atomic mass is 32.2. The Bertz CT molecular complexity index is 918. The molecule has 1 amide bonds. The maximum atomic E-state index is 12.2. The van der Waals surface area contributed by atoms with Crippen LogP contribution in [0.15, 0.2) is 34.3 Å². The van der Waals surface area contributed by atoms with Gasteiger partial charge in [-0.25, -0.2) is 8.42 Å². The Morgan fingerprint density at radius 3 is 2.69 bits per heavy atom. The van der Waals surface area contributed by atoms with Crippen molar-refractivity contribution in [3.63, 3.8) is 0 Å². The molecule has 0 bridgehead atoms. The predicted octanol–water partition coefficient (Wildman–Crippen LogP) is 2.87. The Kier molecular flexibility index (Phi) is 5.38. The molecular formula is C17H22N4O3S2. The summed E-state index contributed by atoms with van der Waals surface area (Å²) in [4.78, 5) is 12.4. The fourth-order valence-electron chi connectivity index (χ4n) is 2.59. The SMILES string of the molecule is CC(C)c1nnc(SCC(=O)Nc2cccc(S(C)(=O)=O)c2)n1C1CC1. The molecule has 1 fully saturated rings. The molecule has 1 aromatic heterocycles. The summed E-state index contributed by atoms with van der Waals surface area (Å²) in [5, 5.41) is 12.0. The van der Waals surface area contributed by atoms with E-state index in [4.69, 9.17) is 0 Å². The average molecular weight is 395 g/mol. The van der Waals surface area contributed by atoms with Crippen molar-refractivity contribution in [2.24, 2.45) is 0 Å². The van der Waals surface area contributed by atoms with E-state index in [0.717, 1.165) is 30.1 Å². The van der Waals surface area contributed by atoms with Gasteiger partial charge in [-0.1, -0.05) is 31.7 Å². The molecule has 0 radical (unpaired) electrons. The summed E-state index contributed by atoms with van der Waals surface area (Å²) >= 11 is 1.35. The van der Waals surface area contributed by atoms with Crippen molar-refractivity contribution in [3.05, 3.63) is 30.1 Å². The number of rotatable bonds is 7. The van der Waals surface area contributed by atoms with Crippen LogP contribution in [0.3, 0.4) is 0 Å². The summed E-state index contributed by atoms with van der Waals surface area (Å²) < 4.78 is 25.4. The van der Waals surface area contributed by atoms with E-state index in [1.807, 2.05) is 0 Å². The van der Waals surface area contributed by atoms with Gasteiger partial charge in [-0.05, 0) is 31.0 Å². The van der Waals surface area contributed by atoms with Crippen LogP contribution in [-0.4, -0.2) is 41.1 Å². The molecule has 0 saturated heterocycles. The van der Waals surface area contributed by atoms with E-state index in [1.54, 1.807) is 12.1 Å². The largest absolute Gasteiger partial charge is 0.325 e. The molecule has 9 heteroatoms. The van der Waals surface area contributed by atoms with Gasteiger partial charge in [0, 0.05) is 23.9 Å². The second-order valence-electron chi connectivity index (χ2n) is 6.73. The summed E-state index contributed by atoms with van der Waals surface area (Å²) in [5.41, 5.74) is 0.463. The third kappa shape index (κ3) is 4.45. The summed E-state index contributed by atoms with van der Waals surface area (Å²) in [5.74, 6) is 1.21. The molecule has 0 atom stereocenters. The molecular weight excluding hydrogens is 372 g/mol. The number of nitrogens with zero attached hydrogens (tertiary/aromatic N) is 3. The Morgan fingerprint density at radius 2 is 2.08 bits per heavy atom. The van der Waals surface area contributed by atoms with Crippen LogP contribution in [0.4, 0.5) is 5.69 Å². The lowest BCUT2D eigenvalue weighted by Gasteiger charge is -2.11. The lowest BCUT2D eigenvalue weighted by atomic mass is 10.2. The lowest BCUT2D eigenvalue weighted by Crippen LogP contribution is -2.15. The second kappa shape index (κ2) is 7.40. The number of carbonyl (C=O) groups excluding carboxylic acids is 1. The van der Waals surface area contributed by atoms with Gasteiger partial charge >= 0.3 is 0 Å². The fraction of sp³-hybridized carbons (Fsp3) is 0.471. The quantitative estimate of drug-likeness (QED) is 0.726. The molecule has 140 valence electrons. The van der Waals surface area contributed by atoms with Crippen molar-refractivity contribution in [2.45, 2.75) is 48.7 Å². The maximum Gasteiger partial charge on any atom is 0.234 e. The van der Waals surface area contributed by atoms with E-state index < -0.39 is 9.84 Å². The summed E-state index contributed by atoms with van der Waals surface area (Å²) in [6, 6.07) is 6.69. The monoisotopic (exact) mass is 394 g/mol. The number of benzene rings is 1. The first kappa shape index (κ1) is 18.9. The minimum absolute atomic E-state index is 0.179. The van der Waals surface area contributed by atoms with Crippen LogP contribution < -0.4 is 5.32 Å². The third-order valence-corrected chi connectivity index (χ3v) is 6.05. The molecule has 0 aliphatic heterocycles. The minimum atomic E-state index is -3.31. The molecule has 3 rings (SSSR count). The normalized spacial score (nSPS) is 14.6. The van der Waals surface area contributed by atoms with Gasteiger partial charge in [-0.2, -0.15) is 0 Å². The number of amides is 1. The van der Waals surface area contributed by atoms with Crippen molar-refractivity contribution < 1.29 is 13.2 Å². The number of carbonyl (C=O) groups is 1. The van der Waals surface area contributed by atoms with Crippen molar-refractivity contribution in [2.75, 3.05) is 17.3 Å². The average Bonchev–Trinajstić information content (AvgIpc) is 3.31. The zero-order valence-corrected chi connectivity index (χ0v) is 16.6. The van der Waals surface area contributed by atoms with E-state index in [9.17, 15) is 13.2 Å².